The number of likely N-dealkylation sites (tertiary alicyclic amines) is 1. The summed E-state index contributed by atoms with van der Waals surface area (Å²) in [6, 6.07) is 6.79. The van der Waals surface area contributed by atoms with E-state index >= 15 is 0 Å². The number of fused-ring (bicyclic) bond motifs is 1. The van der Waals surface area contributed by atoms with Crippen LogP contribution in [0.3, 0.4) is 0 Å². The Morgan fingerprint density at radius 1 is 1.25 bits per heavy atom. The van der Waals surface area contributed by atoms with Gasteiger partial charge >= 0.3 is 0 Å². The molecule has 0 spiro atoms. The van der Waals surface area contributed by atoms with E-state index in [0.717, 1.165) is 25.0 Å². The molecule has 3 nitrogen and oxygen atoms in total. The van der Waals surface area contributed by atoms with Gasteiger partial charge in [-0.1, -0.05) is 25.1 Å². The van der Waals surface area contributed by atoms with Gasteiger partial charge in [-0.3, -0.25) is 0 Å². The summed E-state index contributed by atoms with van der Waals surface area (Å²) in [5.41, 5.74) is 10.5. The number of nitrogens with zero attached hydrogens (tertiary/aromatic N) is 2. The van der Waals surface area contributed by atoms with Crippen LogP contribution in [0.1, 0.15) is 42.9 Å². The van der Waals surface area contributed by atoms with Gasteiger partial charge < -0.3 is 10.6 Å². The van der Waals surface area contributed by atoms with Crippen LogP contribution in [0, 0.1) is 5.92 Å². The van der Waals surface area contributed by atoms with E-state index in [-0.39, 0.29) is 0 Å². The van der Waals surface area contributed by atoms with E-state index in [2.05, 4.69) is 35.0 Å². The van der Waals surface area contributed by atoms with Crippen molar-refractivity contribution in [1.82, 2.24) is 4.90 Å². The summed E-state index contributed by atoms with van der Waals surface area (Å²) in [5.74, 6) is 1.55. The molecular formula is C17H25N3. The number of rotatable bonds is 2. The lowest BCUT2D eigenvalue weighted by Crippen LogP contribution is -2.42. The van der Waals surface area contributed by atoms with Crippen LogP contribution < -0.4 is 5.73 Å². The predicted molar refractivity (Wildman–Crippen MR) is 83.8 cm³/mol. The van der Waals surface area contributed by atoms with Crippen LogP contribution in [0.5, 0.6) is 0 Å². The van der Waals surface area contributed by atoms with E-state index in [9.17, 15) is 0 Å². The SMILES string of the molecule is CC1CCN(C(N)=NCc2ccc3c(c2)CCC3)CC1. The average Bonchev–Trinajstić information content (AvgIpc) is 2.93. The highest BCUT2D eigenvalue weighted by molar-refractivity contribution is 5.78. The van der Waals surface area contributed by atoms with Crippen molar-refractivity contribution in [3.05, 3.63) is 34.9 Å². The number of hydrogen-bond donors (Lipinski definition) is 1. The molecule has 1 aromatic rings. The van der Waals surface area contributed by atoms with Gasteiger partial charge in [0.15, 0.2) is 5.96 Å². The molecule has 1 saturated heterocycles. The largest absolute Gasteiger partial charge is 0.370 e. The standard InChI is InChI=1S/C17H25N3/c1-13-7-9-20(10-8-13)17(18)19-12-14-5-6-15-3-2-4-16(15)11-14/h5-6,11,13H,2-4,7-10,12H2,1H3,(H2,18,19). The van der Waals surface area contributed by atoms with Crippen LogP contribution in [0.2, 0.25) is 0 Å². The molecule has 20 heavy (non-hydrogen) atoms. The molecule has 1 heterocycles. The molecule has 3 rings (SSSR count). The van der Waals surface area contributed by atoms with Crippen molar-refractivity contribution in [3.8, 4) is 0 Å². The number of hydrogen-bond acceptors (Lipinski definition) is 1. The van der Waals surface area contributed by atoms with Crippen molar-refractivity contribution in [2.24, 2.45) is 16.6 Å². The van der Waals surface area contributed by atoms with E-state index in [0.29, 0.717) is 6.54 Å². The monoisotopic (exact) mass is 271 g/mol. The predicted octanol–water partition coefficient (Wildman–Crippen LogP) is 2.72. The van der Waals surface area contributed by atoms with E-state index in [1.165, 1.54) is 48.8 Å². The molecule has 108 valence electrons. The van der Waals surface area contributed by atoms with Crippen LogP contribution in [0.4, 0.5) is 0 Å². The highest BCUT2D eigenvalue weighted by Crippen LogP contribution is 2.23. The molecule has 1 aliphatic heterocycles. The van der Waals surface area contributed by atoms with Crippen molar-refractivity contribution in [2.75, 3.05) is 13.1 Å². The number of nitrogens with two attached hydrogens (primary N) is 1. The third kappa shape index (κ3) is 2.97. The molecule has 1 aliphatic carbocycles. The lowest BCUT2D eigenvalue weighted by Gasteiger charge is -2.31. The second kappa shape index (κ2) is 5.86. The molecule has 0 saturated carbocycles. The van der Waals surface area contributed by atoms with E-state index < -0.39 is 0 Å². The maximum absolute atomic E-state index is 6.13. The average molecular weight is 271 g/mol. The molecule has 0 atom stereocenters. The minimum absolute atomic E-state index is 0.713. The van der Waals surface area contributed by atoms with Crippen LogP contribution in [-0.4, -0.2) is 23.9 Å². The Labute approximate surface area is 121 Å². The molecule has 3 heteroatoms. The summed E-state index contributed by atoms with van der Waals surface area (Å²) in [6.45, 7) is 5.14. The lowest BCUT2D eigenvalue weighted by molar-refractivity contribution is 0.277. The van der Waals surface area contributed by atoms with Crippen LogP contribution >= 0.6 is 0 Å². The topological polar surface area (TPSA) is 41.6 Å². The fourth-order valence-corrected chi connectivity index (χ4v) is 3.23. The molecule has 0 bridgehead atoms. The Balaban J connectivity index is 1.61. The zero-order chi connectivity index (χ0) is 13.9. The second-order valence-electron chi connectivity index (χ2n) is 6.30. The Kier molecular flexibility index (Phi) is 3.95. The maximum Gasteiger partial charge on any atom is 0.191 e. The lowest BCUT2D eigenvalue weighted by atomic mass is 10.00. The minimum atomic E-state index is 0.713. The van der Waals surface area contributed by atoms with Crippen molar-refractivity contribution < 1.29 is 0 Å². The summed E-state index contributed by atoms with van der Waals surface area (Å²) in [5, 5.41) is 0. The van der Waals surface area contributed by atoms with E-state index in [4.69, 9.17) is 5.73 Å². The maximum atomic E-state index is 6.13. The first-order valence-electron chi connectivity index (χ1n) is 7.88. The number of aliphatic imine (C=N–C) groups is 1. The second-order valence-corrected chi connectivity index (χ2v) is 6.30. The molecule has 0 radical (unpaired) electrons. The first-order valence-corrected chi connectivity index (χ1v) is 7.88. The van der Waals surface area contributed by atoms with Crippen LogP contribution in [0.25, 0.3) is 0 Å². The number of benzene rings is 1. The zero-order valence-corrected chi connectivity index (χ0v) is 12.4. The molecule has 2 aliphatic rings. The molecule has 2 N–H and O–H groups in total. The molecule has 0 aromatic heterocycles. The van der Waals surface area contributed by atoms with Gasteiger partial charge in [0.25, 0.3) is 0 Å². The zero-order valence-electron chi connectivity index (χ0n) is 12.4. The Morgan fingerprint density at radius 3 is 2.80 bits per heavy atom. The van der Waals surface area contributed by atoms with Crippen molar-refractivity contribution in [1.29, 1.82) is 0 Å². The number of piperidine rings is 1. The summed E-state index contributed by atoms with van der Waals surface area (Å²) in [6.07, 6.45) is 6.24. The fraction of sp³-hybridized carbons (Fsp3) is 0.588. The van der Waals surface area contributed by atoms with Gasteiger partial charge in [0, 0.05) is 13.1 Å². The fourth-order valence-electron chi connectivity index (χ4n) is 3.23. The molecule has 1 fully saturated rings. The van der Waals surface area contributed by atoms with Gasteiger partial charge in [0.05, 0.1) is 6.54 Å². The molecule has 1 aromatic carbocycles. The first kappa shape index (κ1) is 13.5. The third-order valence-electron chi connectivity index (χ3n) is 4.69. The highest BCUT2D eigenvalue weighted by Gasteiger charge is 2.17. The van der Waals surface area contributed by atoms with Gasteiger partial charge in [-0.25, -0.2) is 4.99 Å². The van der Waals surface area contributed by atoms with Crippen molar-refractivity contribution in [2.45, 2.75) is 45.6 Å². The van der Waals surface area contributed by atoms with Gasteiger partial charge in [0.1, 0.15) is 0 Å². The molecule has 0 amide bonds. The first-order chi connectivity index (χ1) is 9.72. The summed E-state index contributed by atoms with van der Waals surface area (Å²) < 4.78 is 0. The normalized spacial score (nSPS) is 20.2. The smallest absolute Gasteiger partial charge is 0.191 e. The Bertz CT molecular complexity index is 499. The number of guanidine groups is 1. The van der Waals surface area contributed by atoms with E-state index in [1.54, 1.807) is 0 Å². The highest BCUT2D eigenvalue weighted by atomic mass is 15.3. The number of aryl methyl sites for hydroxylation is 2. The quantitative estimate of drug-likeness (QED) is 0.664. The summed E-state index contributed by atoms with van der Waals surface area (Å²) in [7, 11) is 0. The van der Waals surface area contributed by atoms with E-state index in [1.807, 2.05) is 0 Å². The van der Waals surface area contributed by atoms with Crippen LogP contribution in [-0.2, 0) is 19.4 Å². The molecule has 0 unspecified atom stereocenters. The third-order valence-corrected chi connectivity index (χ3v) is 4.69. The van der Waals surface area contributed by atoms with Gasteiger partial charge in [-0.05, 0) is 54.7 Å². The van der Waals surface area contributed by atoms with Crippen molar-refractivity contribution >= 4 is 5.96 Å². The Hall–Kier alpha value is -1.51. The summed E-state index contributed by atoms with van der Waals surface area (Å²) >= 11 is 0. The Morgan fingerprint density at radius 2 is 2.00 bits per heavy atom. The minimum Gasteiger partial charge on any atom is -0.370 e. The molecular weight excluding hydrogens is 246 g/mol. The van der Waals surface area contributed by atoms with Gasteiger partial charge in [-0.2, -0.15) is 0 Å². The summed E-state index contributed by atoms with van der Waals surface area (Å²) in [4.78, 5) is 6.82. The van der Waals surface area contributed by atoms with Crippen LogP contribution in [0.15, 0.2) is 23.2 Å². The van der Waals surface area contributed by atoms with Crippen molar-refractivity contribution in [3.63, 3.8) is 0 Å². The van der Waals surface area contributed by atoms with Gasteiger partial charge in [-0.15, -0.1) is 0 Å². The van der Waals surface area contributed by atoms with Gasteiger partial charge in [0.2, 0.25) is 0 Å².